The first-order chi connectivity index (χ1) is 31.9. The summed E-state index contributed by atoms with van der Waals surface area (Å²) >= 11 is 0. The summed E-state index contributed by atoms with van der Waals surface area (Å²) in [5.41, 5.74) is 0. The van der Waals surface area contributed by atoms with Gasteiger partial charge >= 0.3 is 5.97 Å². The number of aliphatic hydroxyl groups excluding tert-OH is 11. The van der Waals surface area contributed by atoms with E-state index in [1.807, 2.05) is 0 Å². The van der Waals surface area contributed by atoms with Crippen LogP contribution in [0.1, 0.15) is 77.6 Å². The van der Waals surface area contributed by atoms with Crippen LogP contribution in [0, 0.1) is 11.8 Å². The topological polar surface area (TPSA) is 400 Å². The number of ether oxygens (including phenoxy) is 6. The molecule has 4 heterocycles. The van der Waals surface area contributed by atoms with Gasteiger partial charge in [0.1, 0.15) is 67.1 Å². The minimum absolute atomic E-state index is 0.0355. The van der Waals surface area contributed by atoms with Gasteiger partial charge in [0, 0.05) is 44.7 Å². The monoisotopic (exact) mass is 971 g/mol. The molecular formula is C41H69N3O23. The van der Waals surface area contributed by atoms with Gasteiger partial charge in [-0.2, -0.15) is 0 Å². The van der Waals surface area contributed by atoms with Gasteiger partial charge < -0.3 is 100 Å². The minimum Gasteiger partial charge on any atom is -0.394 e. The van der Waals surface area contributed by atoms with Crippen molar-refractivity contribution in [1.82, 2.24) is 15.7 Å². The van der Waals surface area contributed by atoms with Crippen molar-refractivity contribution >= 4 is 29.6 Å². The third kappa shape index (κ3) is 16.2. The van der Waals surface area contributed by atoms with E-state index >= 15 is 0 Å². The molecule has 386 valence electrons. The first kappa shape index (κ1) is 56.5. The number of hydroxylamine groups is 2. The molecule has 13 N–H and O–H groups in total. The standard InChI is InChI=1S/C41H69N3O23/c1-20-29(51)32(54)35(57)39(64-20)63-17-14-43-38(60)22(6-4-5-13-42-25(47)7-2-3-8-28(50)67-44-26(48)9-10-27(44)49)21(11-15-61-40-36(58)33(55)30(52)23(18-45)65-40)12-16-62-41-37(59)34(56)31(53)24(19-46)66-41/h20-24,29-37,39-41,45-46,51-59H,2-19H2,1H3,(H,42,47)(H,43,60)/t20-,22+,23+,24+,29+,30+,31+,32+,33-,34-,35-,36-,37-,39+,40-,41-/m0/s1. The quantitative estimate of drug-likeness (QED) is 0.0269. The average Bonchev–Trinajstić information content (AvgIpc) is 3.62. The van der Waals surface area contributed by atoms with E-state index in [4.69, 9.17) is 33.3 Å². The molecular weight excluding hydrogens is 902 g/mol. The van der Waals surface area contributed by atoms with E-state index in [9.17, 15) is 80.1 Å². The zero-order valence-corrected chi connectivity index (χ0v) is 37.3. The Morgan fingerprint density at radius 3 is 1.63 bits per heavy atom. The number of rotatable bonds is 27. The molecule has 0 aliphatic carbocycles. The van der Waals surface area contributed by atoms with Crippen molar-refractivity contribution < 1.29 is 113 Å². The molecule has 26 heteroatoms. The molecule has 26 nitrogen and oxygen atoms in total. The maximum Gasteiger partial charge on any atom is 0.333 e. The van der Waals surface area contributed by atoms with Gasteiger partial charge in [-0.05, 0) is 51.4 Å². The fourth-order valence-electron chi connectivity index (χ4n) is 8.01. The number of carbonyl (C=O) groups is 5. The van der Waals surface area contributed by atoms with Crippen LogP contribution in [0.2, 0.25) is 0 Å². The van der Waals surface area contributed by atoms with E-state index in [2.05, 4.69) is 10.6 Å². The minimum atomic E-state index is -1.72. The van der Waals surface area contributed by atoms with Crippen LogP contribution >= 0.6 is 0 Å². The Kier molecular flexibility index (Phi) is 23.5. The summed E-state index contributed by atoms with van der Waals surface area (Å²) in [5, 5.41) is 118. The van der Waals surface area contributed by atoms with Crippen LogP contribution in [0.4, 0.5) is 0 Å². The van der Waals surface area contributed by atoms with Crippen LogP contribution < -0.4 is 10.6 Å². The number of amides is 4. The van der Waals surface area contributed by atoms with Gasteiger partial charge in [-0.3, -0.25) is 19.2 Å². The molecule has 4 aliphatic heterocycles. The first-order valence-electron chi connectivity index (χ1n) is 22.7. The number of unbranched alkanes of at least 4 members (excludes halogenated alkanes) is 2. The van der Waals surface area contributed by atoms with E-state index in [0.717, 1.165) is 0 Å². The average molecular weight is 972 g/mol. The number of carbonyl (C=O) groups excluding carboxylic acids is 5. The van der Waals surface area contributed by atoms with Crippen LogP contribution in [0.5, 0.6) is 0 Å². The van der Waals surface area contributed by atoms with Crippen LogP contribution in [0.15, 0.2) is 0 Å². The Morgan fingerprint density at radius 2 is 1.09 bits per heavy atom. The second-order valence-electron chi connectivity index (χ2n) is 17.0. The van der Waals surface area contributed by atoms with Crippen molar-refractivity contribution in [2.75, 3.05) is 46.1 Å². The van der Waals surface area contributed by atoms with Crippen molar-refractivity contribution in [2.24, 2.45) is 11.8 Å². The fourth-order valence-corrected chi connectivity index (χ4v) is 8.01. The molecule has 67 heavy (non-hydrogen) atoms. The van der Waals surface area contributed by atoms with E-state index in [0.29, 0.717) is 24.3 Å². The Balaban J connectivity index is 1.38. The van der Waals surface area contributed by atoms with E-state index in [1.165, 1.54) is 6.92 Å². The second kappa shape index (κ2) is 27.9. The molecule has 0 aromatic rings. The summed E-state index contributed by atoms with van der Waals surface area (Å²) in [6, 6.07) is 0. The summed E-state index contributed by atoms with van der Waals surface area (Å²) in [7, 11) is 0. The number of aliphatic hydroxyl groups is 11. The highest BCUT2D eigenvalue weighted by molar-refractivity contribution is 6.01. The van der Waals surface area contributed by atoms with Crippen LogP contribution in [-0.4, -0.2) is 229 Å². The van der Waals surface area contributed by atoms with Crippen molar-refractivity contribution in [2.45, 2.75) is 170 Å². The summed E-state index contributed by atoms with van der Waals surface area (Å²) in [5.74, 6) is -4.29. The Labute approximate surface area is 385 Å². The zero-order chi connectivity index (χ0) is 49.4. The smallest absolute Gasteiger partial charge is 0.333 e. The third-order valence-corrected chi connectivity index (χ3v) is 12.1. The highest BCUT2D eigenvalue weighted by Gasteiger charge is 2.46. The molecule has 4 saturated heterocycles. The zero-order valence-electron chi connectivity index (χ0n) is 37.3. The van der Waals surface area contributed by atoms with E-state index < -0.39 is 141 Å². The van der Waals surface area contributed by atoms with Gasteiger partial charge in [0.25, 0.3) is 11.8 Å². The molecule has 4 rings (SSSR count). The fraction of sp³-hybridized carbons (Fsp3) is 0.878. The van der Waals surface area contributed by atoms with Crippen molar-refractivity contribution in [3.05, 3.63) is 0 Å². The molecule has 0 aromatic carbocycles. The van der Waals surface area contributed by atoms with E-state index in [1.54, 1.807) is 0 Å². The second-order valence-corrected chi connectivity index (χ2v) is 17.0. The number of imide groups is 1. The van der Waals surface area contributed by atoms with Gasteiger partial charge in [-0.25, -0.2) is 4.79 Å². The van der Waals surface area contributed by atoms with Crippen molar-refractivity contribution in [1.29, 1.82) is 0 Å². The third-order valence-electron chi connectivity index (χ3n) is 12.1. The molecule has 0 bridgehead atoms. The molecule has 4 fully saturated rings. The summed E-state index contributed by atoms with van der Waals surface area (Å²) in [6.45, 7) is -0.477. The van der Waals surface area contributed by atoms with Gasteiger partial charge in [0.2, 0.25) is 11.8 Å². The molecule has 0 radical (unpaired) electrons. The first-order valence-corrected chi connectivity index (χ1v) is 22.7. The Morgan fingerprint density at radius 1 is 0.597 bits per heavy atom. The van der Waals surface area contributed by atoms with Gasteiger partial charge in [-0.15, -0.1) is 5.06 Å². The number of nitrogens with one attached hydrogen (secondary N) is 2. The molecule has 0 unspecified atom stereocenters. The van der Waals surface area contributed by atoms with Crippen molar-refractivity contribution in [3.8, 4) is 0 Å². The Bertz CT molecular complexity index is 1500. The molecule has 16 atom stereocenters. The lowest BCUT2D eigenvalue weighted by Crippen LogP contribution is -2.59. The molecule has 0 aromatic heterocycles. The predicted octanol–water partition coefficient (Wildman–Crippen LogP) is -5.95. The molecule has 0 saturated carbocycles. The maximum atomic E-state index is 14.1. The highest BCUT2D eigenvalue weighted by Crippen LogP contribution is 2.30. The van der Waals surface area contributed by atoms with Crippen LogP contribution in [-0.2, 0) is 57.2 Å². The largest absolute Gasteiger partial charge is 0.394 e. The Hall–Kier alpha value is -3.13. The summed E-state index contributed by atoms with van der Waals surface area (Å²) < 4.78 is 33.5. The molecule has 0 spiro atoms. The van der Waals surface area contributed by atoms with Gasteiger partial charge in [0.05, 0.1) is 39.1 Å². The predicted molar refractivity (Wildman–Crippen MR) is 219 cm³/mol. The lowest BCUT2D eigenvalue weighted by molar-refractivity contribution is -0.303. The van der Waals surface area contributed by atoms with Gasteiger partial charge in [-0.1, -0.05) is 6.42 Å². The maximum absolute atomic E-state index is 14.1. The SMILES string of the molecule is C[C@@H]1O[C@@H](OCCNC(=O)[C@H](CCCCNC(=O)CCCCC(=O)ON2C(=O)CCC2=O)C(CCO[C@H]2O[C@H](CO)[C@@H](O)[C@H](O)[C@@H]2O)CCO[C@H]2O[C@H](CO)[C@@H](O)[C@H](O)[C@@H]2O)[C@@H](O)[C@H](O)[C@@H]1O. The van der Waals surface area contributed by atoms with E-state index in [-0.39, 0.29) is 90.2 Å². The van der Waals surface area contributed by atoms with Crippen LogP contribution in [0.3, 0.4) is 0 Å². The lowest BCUT2D eigenvalue weighted by Gasteiger charge is -2.40. The number of hydrogen-bond acceptors (Lipinski definition) is 23. The van der Waals surface area contributed by atoms with Crippen molar-refractivity contribution in [3.63, 3.8) is 0 Å². The summed E-state index contributed by atoms with van der Waals surface area (Å²) in [6.07, 6.45) is -20.8. The normalized spacial score (nSPS) is 34.0. The highest BCUT2D eigenvalue weighted by atomic mass is 16.7. The molecule has 4 aliphatic rings. The lowest BCUT2D eigenvalue weighted by atomic mass is 9.82. The van der Waals surface area contributed by atoms with Crippen LogP contribution in [0.25, 0.3) is 0 Å². The summed E-state index contributed by atoms with van der Waals surface area (Å²) in [4.78, 5) is 66.8. The molecule has 4 amide bonds. The number of hydrogen-bond donors (Lipinski definition) is 13. The van der Waals surface area contributed by atoms with Gasteiger partial charge in [0.15, 0.2) is 18.9 Å². The number of nitrogens with zero attached hydrogens (tertiary/aromatic N) is 1.